The van der Waals surface area contributed by atoms with E-state index in [1.54, 1.807) is 0 Å². The fourth-order valence-corrected chi connectivity index (χ4v) is 3.20. The Kier molecular flexibility index (Phi) is 6.13. The molecule has 106 valence electrons. The van der Waals surface area contributed by atoms with Gasteiger partial charge >= 0.3 is 0 Å². The summed E-state index contributed by atoms with van der Waals surface area (Å²) in [6.45, 7) is 8.56. The van der Waals surface area contributed by atoms with Crippen LogP contribution >= 0.6 is 0 Å². The lowest BCUT2D eigenvalue weighted by Gasteiger charge is -2.31. The second-order valence-electron chi connectivity index (χ2n) is 6.36. The summed E-state index contributed by atoms with van der Waals surface area (Å²) < 4.78 is 0. The smallest absolute Gasteiger partial charge is 0.223 e. The van der Waals surface area contributed by atoms with Gasteiger partial charge in [0, 0.05) is 18.0 Å². The van der Waals surface area contributed by atoms with Crippen molar-refractivity contribution in [2.24, 2.45) is 17.8 Å². The van der Waals surface area contributed by atoms with Crippen LogP contribution < -0.4 is 10.6 Å². The van der Waals surface area contributed by atoms with Crippen LogP contribution in [0.4, 0.5) is 0 Å². The van der Waals surface area contributed by atoms with Crippen LogP contribution in [0.1, 0.15) is 53.4 Å². The highest BCUT2D eigenvalue weighted by molar-refractivity contribution is 5.79. The van der Waals surface area contributed by atoms with E-state index in [1.807, 2.05) is 7.05 Å². The molecule has 0 aliphatic heterocycles. The minimum atomic E-state index is 0.145. The molecule has 3 nitrogen and oxygen atoms in total. The van der Waals surface area contributed by atoms with Crippen LogP contribution in [0.15, 0.2) is 0 Å². The van der Waals surface area contributed by atoms with E-state index in [4.69, 9.17) is 0 Å². The molecule has 0 bridgehead atoms. The predicted octanol–water partition coefficient (Wildman–Crippen LogP) is 2.56. The van der Waals surface area contributed by atoms with Crippen molar-refractivity contribution in [1.82, 2.24) is 10.6 Å². The Hall–Kier alpha value is -0.570. The van der Waals surface area contributed by atoms with Crippen LogP contribution in [0.25, 0.3) is 0 Å². The SMILES string of the molecule is CNC1CCC(NC(=O)C(C(C)C)C(C)C)CC1. The van der Waals surface area contributed by atoms with Crippen molar-refractivity contribution in [3.05, 3.63) is 0 Å². The molecule has 1 rings (SSSR count). The molecule has 1 saturated carbocycles. The molecule has 1 aliphatic rings. The van der Waals surface area contributed by atoms with Crippen molar-refractivity contribution in [2.75, 3.05) is 7.05 Å². The lowest BCUT2D eigenvalue weighted by molar-refractivity contribution is -0.128. The minimum Gasteiger partial charge on any atom is -0.353 e. The average Bonchev–Trinajstić information content (AvgIpc) is 2.28. The molecule has 1 fully saturated rings. The van der Waals surface area contributed by atoms with Crippen molar-refractivity contribution < 1.29 is 4.79 Å². The van der Waals surface area contributed by atoms with Crippen molar-refractivity contribution in [3.8, 4) is 0 Å². The van der Waals surface area contributed by atoms with Crippen LogP contribution in [-0.4, -0.2) is 25.0 Å². The first-order valence-corrected chi connectivity index (χ1v) is 7.43. The Labute approximate surface area is 112 Å². The maximum atomic E-state index is 12.3. The van der Waals surface area contributed by atoms with Gasteiger partial charge in [-0.1, -0.05) is 27.7 Å². The zero-order valence-electron chi connectivity index (χ0n) is 12.6. The lowest BCUT2D eigenvalue weighted by Crippen LogP contribution is -2.45. The maximum absolute atomic E-state index is 12.3. The highest BCUT2D eigenvalue weighted by Crippen LogP contribution is 2.23. The molecule has 0 unspecified atom stereocenters. The number of amides is 1. The van der Waals surface area contributed by atoms with Gasteiger partial charge < -0.3 is 10.6 Å². The molecule has 18 heavy (non-hydrogen) atoms. The summed E-state index contributed by atoms with van der Waals surface area (Å²) >= 11 is 0. The van der Waals surface area contributed by atoms with Crippen LogP contribution in [-0.2, 0) is 4.79 Å². The van der Waals surface area contributed by atoms with Gasteiger partial charge in [0.2, 0.25) is 5.91 Å². The van der Waals surface area contributed by atoms with Crippen molar-refractivity contribution in [3.63, 3.8) is 0 Å². The fourth-order valence-electron chi connectivity index (χ4n) is 3.20. The summed E-state index contributed by atoms with van der Waals surface area (Å²) in [7, 11) is 2.02. The first kappa shape index (κ1) is 15.5. The molecule has 1 aliphatic carbocycles. The molecule has 0 radical (unpaired) electrons. The van der Waals surface area contributed by atoms with E-state index >= 15 is 0 Å². The molecule has 0 atom stereocenters. The van der Waals surface area contributed by atoms with Crippen molar-refractivity contribution >= 4 is 5.91 Å². The maximum Gasteiger partial charge on any atom is 0.223 e. The first-order valence-electron chi connectivity index (χ1n) is 7.43. The molecule has 0 aromatic heterocycles. The lowest BCUT2D eigenvalue weighted by atomic mass is 9.84. The summed E-state index contributed by atoms with van der Waals surface area (Å²) in [5, 5.41) is 6.58. The summed E-state index contributed by atoms with van der Waals surface area (Å²) in [4.78, 5) is 12.3. The van der Waals surface area contributed by atoms with Crippen LogP contribution in [0.5, 0.6) is 0 Å². The molecule has 1 amide bonds. The molecule has 0 saturated heterocycles. The summed E-state index contributed by atoms with van der Waals surface area (Å²) in [6, 6.07) is 1.03. The molecule has 0 aromatic carbocycles. The van der Waals surface area contributed by atoms with Gasteiger partial charge in [-0.15, -0.1) is 0 Å². The molecule has 3 heteroatoms. The number of carbonyl (C=O) groups is 1. The van der Waals surface area contributed by atoms with Gasteiger partial charge in [-0.2, -0.15) is 0 Å². The molecule has 0 aromatic rings. The molecule has 0 heterocycles. The highest BCUT2D eigenvalue weighted by Gasteiger charge is 2.28. The molecular formula is C15H30N2O. The molecular weight excluding hydrogens is 224 g/mol. The fraction of sp³-hybridized carbons (Fsp3) is 0.933. The third kappa shape index (κ3) is 4.27. The van der Waals surface area contributed by atoms with Crippen molar-refractivity contribution in [1.29, 1.82) is 0 Å². The van der Waals surface area contributed by atoms with Gasteiger partial charge in [0.15, 0.2) is 0 Å². The Morgan fingerprint density at radius 1 is 0.944 bits per heavy atom. The average molecular weight is 254 g/mol. The van der Waals surface area contributed by atoms with E-state index in [9.17, 15) is 4.79 Å². The van der Waals surface area contributed by atoms with Crippen LogP contribution in [0, 0.1) is 17.8 Å². The second-order valence-corrected chi connectivity index (χ2v) is 6.36. The summed E-state index contributed by atoms with van der Waals surface area (Å²) in [5.41, 5.74) is 0. The summed E-state index contributed by atoms with van der Waals surface area (Å²) in [6.07, 6.45) is 4.57. The minimum absolute atomic E-state index is 0.145. The Morgan fingerprint density at radius 3 is 1.78 bits per heavy atom. The zero-order valence-corrected chi connectivity index (χ0v) is 12.6. The number of hydrogen-bond acceptors (Lipinski definition) is 2. The number of hydrogen-bond donors (Lipinski definition) is 2. The van der Waals surface area contributed by atoms with Gasteiger partial charge in [-0.05, 0) is 44.6 Å². The standard InChI is InChI=1S/C15H30N2O/c1-10(2)14(11(3)4)15(18)17-13-8-6-12(16-5)7-9-13/h10-14,16H,6-9H2,1-5H3,(H,17,18). The first-order chi connectivity index (χ1) is 8.45. The normalized spacial score (nSPS) is 24.9. The van der Waals surface area contributed by atoms with Gasteiger partial charge in [0.1, 0.15) is 0 Å². The van der Waals surface area contributed by atoms with Gasteiger partial charge in [-0.25, -0.2) is 0 Å². The Balaban J connectivity index is 2.44. The predicted molar refractivity (Wildman–Crippen MR) is 76.4 cm³/mol. The van der Waals surface area contributed by atoms with E-state index in [0.717, 1.165) is 12.8 Å². The van der Waals surface area contributed by atoms with Crippen LogP contribution in [0.3, 0.4) is 0 Å². The topological polar surface area (TPSA) is 41.1 Å². The van der Waals surface area contributed by atoms with Gasteiger partial charge in [-0.3, -0.25) is 4.79 Å². The largest absolute Gasteiger partial charge is 0.353 e. The number of nitrogens with one attached hydrogen (secondary N) is 2. The van der Waals surface area contributed by atoms with E-state index in [-0.39, 0.29) is 11.8 Å². The van der Waals surface area contributed by atoms with E-state index < -0.39 is 0 Å². The number of carbonyl (C=O) groups excluding carboxylic acids is 1. The zero-order chi connectivity index (χ0) is 13.7. The highest BCUT2D eigenvalue weighted by atomic mass is 16.2. The number of rotatable bonds is 5. The van der Waals surface area contributed by atoms with E-state index in [1.165, 1.54) is 12.8 Å². The summed E-state index contributed by atoms with van der Waals surface area (Å²) in [5.74, 6) is 1.23. The quantitative estimate of drug-likeness (QED) is 0.791. The molecule has 2 N–H and O–H groups in total. The molecule has 0 spiro atoms. The van der Waals surface area contributed by atoms with E-state index in [2.05, 4.69) is 38.3 Å². The Bertz CT molecular complexity index is 247. The van der Waals surface area contributed by atoms with Gasteiger partial charge in [0.05, 0.1) is 0 Å². The third-order valence-electron chi connectivity index (χ3n) is 4.22. The van der Waals surface area contributed by atoms with E-state index in [0.29, 0.717) is 23.9 Å². The third-order valence-corrected chi connectivity index (χ3v) is 4.22. The van der Waals surface area contributed by atoms with Gasteiger partial charge in [0.25, 0.3) is 0 Å². The van der Waals surface area contributed by atoms with Crippen molar-refractivity contribution in [2.45, 2.75) is 65.5 Å². The van der Waals surface area contributed by atoms with Crippen LogP contribution in [0.2, 0.25) is 0 Å². The Morgan fingerprint density at radius 2 is 1.39 bits per heavy atom. The monoisotopic (exact) mass is 254 g/mol. The second kappa shape index (κ2) is 7.13.